The van der Waals surface area contributed by atoms with E-state index in [4.69, 9.17) is 9.97 Å². The lowest BCUT2D eigenvalue weighted by atomic mass is 10.0. The molecule has 166 valence electrons. The number of pyridine rings is 2. The monoisotopic (exact) mass is 445 g/mol. The van der Waals surface area contributed by atoms with Gasteiger partial charge in [0.25, 0.3) is 0 Å². The van der Waals surface area contributed by atoms with Gasteiger partial charge in [-0.2, -0.15) is 0 Å². The number of nitrogens with zero attached hydrogens (tertiary/aromatic N) is 4. The summed E-state index contributed by atoms with van der Waals surface area (Å²) in [6, 6.07) is 23.9. The third-order valence-electron chi connectivity index (χ3n) is 5.61. The first-order valence-electron chi connectivity index (χ1n) is 11.2. The first kappa shape index (κ1) is 21.4. The van der Waals surface area contributed by atoms with Gasteiger partial charge in [0.15, 0.2) is 11.6 Å². The molecule has 6 heteroatoms. The van der Waals surface area contributed by atoms with E-state index in [0.29, 0.717) is 35.7 Å². The maximum absolute atomic E-state index is 12.2. The van der Waals surface area contributed by atoms with Crippen molar-refractivity contribution in [3.05, 3.63) is 103 Å². The quantitative estimate of drug-likeness (QED) is 0.311. The minimum absolute atomic E-state index is 0.0370. The van der Waals surface area contributed by atoms with Crippen molar-refractivity contribution in [3.63, 3.8) is 0 Å². The molecular weight excluding hydrogens is 422 g/mol. The summed E-state index contributed by atoms with van der Waals surface area (Å²) in [6.45, 7) is 2.36. The Morgan fingerprint density at radius 2 is 1.74 bits per heavy atom. The lowest BCUT2D eigenvalue weighted by molar-refractivity contribution is 0.0988. The molecule has 0 saturated heterocycles. The van der Waals surface area contributed by atoms with Crippen molar-refractivity contribution < 1.29 is 4.79 Å². The Hall–Kier alpha value is -4.45. The number of carbonyl (C=O) groups is 1. The Labute approximate surface area is 197 Å². The van der Waals surface area contributed by atoms with E-state index in [1.165, 1.54) is 0 Å². The standard InChI is InChI=1S/C28H23N5O/c1-2-25(34)20-15-21(17-29-16-20)27-32-24-13-8-12-23(19-9-4-3-5-10-19)26(24)28(33-27)31-18-22-11-6-7-14-30-22/h3-17H,2,18H2,1H3,(H,31,32,33). The van der Waals surface area contributed by atoms with Crippen LogP contribution < -0.4 is 5.32 Å². The molecule has 5 aromatic rings. The van der Waals surface area contributed by atoms with E-state index in [1.807, 2.05) is 61.5 Å². The van der Waals surface area contributed by atoms with Crippen LogP contribution in [0, 0.1) is 0 Å². The molecule has 5 rings (SSSR count). The van der Waals surface area contributed by atoms with E-state index < -0.39 is 0 Å². The zero-order valence-corrected chi connectivity index (χ0v) is 18.8. The highest BCUT2D eigenvalue weighted by Gasteiger charge is 2.15. The van der Waals surface area contributed by atoms with Crippen LogP contribution in [0.15, 0.2) is 91.4 Å². The van der Waals surface area contributed by atoms with Crippen molar-refractivity contribution in [2.75, 3.05) is 5.32 Å². The number of rotatable bonds is 7. The van der Waals surface area contributed by atoms with Crippen LogP contribution in [-0.4, -0.2) is 25.7 Å². The second-order valence-corrected chi connectivity index (χ2v) is 7.88. The molecule has 0 spiro atoms. The average Bonchev–Trinajstić information content (AvgIpc) is 2.92. The molecule has 0 radical (unpaired) electrons. The summed E-state index contributed by atoms with van der Waals surface area (Å²) in [5.41, 5.74) is 5.10. The Morgan fingerprint density at radius 1 is 0.882 bits per heavy atom. The number of aromatic nitrogens is 4. The molecule has 6 nitrogen and oxygen atoms in total. The first-order valence-corrected chi connectivity index (χ1v) is 11.2. The van der Waals surface area contributed by atoms with Gasteiger partial charge in [0.05, 0.1) is 23.1 Å². The van der Waals surface area contributed by atoms with Gasteiger partial charge in [0.2, 0.25) is 0 Å². The van der Waals surface area contributed by atoms with E-state index >= 15 is 0 Å². The predicted molar refractivity (Wildman–Crippen MR) is 134 cm³/mol. The molecule has 0 fully saturated rings. The maximum atomic E-state index is 12.2. The van der Waals surface area contributed by atoms with Crippen LogP contribution in [0.25, 0.3) is 33.4 Å². The number of benzene rings is 2. The minimum Gasteiger partial charge on any atom is -0.364 e. The summed E-state index contributed by atoms with van der Waals surface area (Å²) < 4.78 is 0. The van der Waals surface area contributed by atoms with Crippen LogP contribution in [0.1, 0.15) is 29.4 Å². The second kappa shape index (κ2) is 9.58. The van der Waals surface area contributed by atoms with Gasteiger partial charge in [-0.25, -0.2) is 9.97 Å². The topological polar surface area (TPSA) is 80.7 Å². The van der Waals surface area contributed by atoms with Crippen LogP contribution in [0.2, 0.25) is 0 Å². The van der Waals surface area contributed by atoms with Gasteiger partial charge in [0, 0.05) is 36.1 Å². The van der Waals surface area contributed by atoms with E-state index in [1.54, 1.807) is 18.6 Å². The number of nitrogens with one attached hydrogen (secondary N) is 1. The largest absolute Gasteiger partial charge is 0.364 e. The summed E-state index contributed by atoms with van der Waals surface area (Å²) in [5, 5.41) is 4.40. The molecule has 3 heterocycles. The van der Waals surface area contributed by atoms with Crippen LogP contribution in [0.3, 0.4) is 0 Å². The van der Waals surface area contributed by atoms with Crippen molar-refractivity contribution in [2.45, 2.75) is 19.9 Å². The van der Waals surface area contributed by atoms with Crippen molar-refractivity contribution in [1.82, 2.24) is 19.9 Å². The van der Waals surface area contributed by atoms with Gasteiger partial charge in [-0.1, -0.05) is 55.5 Å². The molecular formula is C28H23N5O. The van der Waals surface area contributed by atoms with Crippen LogP contribution >= 0.6 is 0 Å². The summed E-state index contributed by atoms with van der Waals surface area (Å²) >= 11 is 0. The fraction of sp³-hybridized carbons (Fsp3) is 0.107. The normalized spacial score (nSPS) is 10.9. The molecule has 0 amide bonds. The number of hydrogen-bond donors (Lipinski definition) is 1. The highest BCUT2D eigenvalue weighted by Crippen LogP contribution is 2.34. The maximum Gasteiger partial charge on any atom is 0.164 e. The van der Waals surface area contributed by atoms with Crippen molar-refractivity contribution in [2.24, 2.45) is 0 Å². The molecule has 0 saturated carbocycles. The summed E-state index contributed by atoms with van der Waals surface area (Å²) in [4.78, 5) is 30.7. The minimum atomic E-state index is 0.0370. The molecule has 3 aromatic heterocycles. The van der Waals surface area contributed by atoms with Gasteiger partial charge in [-0.05, 0) is 35.4 Å². The summed E-state index contributed by atoms with van der Waals surface area (Å²) in [7, 11) is 0. The first-order chi connectivity index (χ1) is 16.7. The van der Waals surface area contributed by atoms with Crippen molar-refractivity contribution in [1.29, 1.82) is 0 Å². The average molecular weight is 446 g/mol. The fourth-order valence-electron chi connectivity index (χ4n) is 3.89. The van der Waals surface area contributed by atoms with Gasteiger partial charge >= 0.3 is 0 Å². The highest BCUT2D eigenvalue weighted by molar-refractivity contribution is 6.02. The van der Waals surface area contributed by atoms with Crippen LogP contribution in [-0.2, 0) is 6.54 Å². The third-order valence-corrected chi connectivity index (χ3v) is 5.61. The number of ketones is 1. The number of anilines is 1. The second-order valence-electron chi connectivity index (χ2n) is 7.88. The smallest absolute Gasteiger partial charge is 0.164 e. The third kappa shape index (κ3) is 4.38. The summed E-state index contributed by atoms with van der Waals surface area (Å²) in [6.07, 6.45) is 5.47. The molecule has 0 unspecified atom stereocenters. The molecule has 0 bridgehead atoms. The van der Waals surface area contributed by atoms with Crippen molar-refractivity contribution in [3.8, 4) is 22.5 Å². The van der Waals surface area contributed by atoms with Gasteiger partial charge in [-0.15, -0.1) is 0 Å². The Morgan fingerprint density at radius 3 is 2.53 bits per heavy atom. The van der Waals surface area contributed by atoms with Crippen LogP contribution in [0.4, 0.5) is 5.82 Å². The van der Waals surface area contributed by atoms with Crippen LogP contribution in [0.5, 0.6) is 0 Å². The molecule has 0 atom stereocenters. The van der Waals surface area contributed by atoms with E-state index in [9.17, 15) is 4.79 Å². The van der Waals surface area contributed by atoms with Gasteiger partial charge in [0.1, 0.15) is 5.82 Å². The Bertz CT molecular complexity index is 1450. The van der Waals surface area contributed by atoms with E-state index in [-0.39, 0.29) is 5.78 Å². The fourth-order valence-corrected chi connectivity index (χ4v) is 3.89. The molecule has 0 aliphatic rings. The highest BCUT2D eigenvalue weighted by atomic mass is 16.1. The lowest BCUT2D eigenvalue weighted by Crippen LogP contribution is -2.06. The molecule has 0 aliphatic carbocycles. The van der Waals surface area contributed by atoms with Gasteiger partial charge in [-0.3, -0.25) is 14.8 Å². The Kier molecular flexibility index (Phi) is 6.03. The molecule has 1 N–H and O–H groups in total. The Balaban J connectivity index is 1.67. The van der Waals surface area contributed by atoms with E-state index in [2.05, 4.69) is 33.5 Å². The predicted octanol–water partition coefficient (Wildman–Crippen LogP) is 5.96. The zero-order chi connectivity index (χ0) is 23.3. The number of Topliss-reactive ketones (excluding diaryl/α,β-unsaturated/α-hetero) is 1. The number of carbonyl (C=O) groups excluding carboxylic acids is 1. The van der Waals surface area contributed by atoms with E-state index in [0.717, 1.165) is 27.7 Å². The van der Waals surface area contributed by atoms with Crippen molar-refractivity contribution >= 4 is 22.5 Å². The number of fused-ring (bicyclic) bond motifs is 1. The molecule has 2 aromatic carbocycles. The SMILES string of the molecule is CCC(=O)c1cncc(-c2nc(NCc3ccccn3)c3c(-c4ccccc4)cccc3n2)c1. The molecule has 34 heavy (non-hydrogen) atoms. The molecule has 0 aliphatic heterocycles. The zero-order valence-electron chi connectivity index (χ0n) is 18.8. The summed E-state index contributed by atoms with van der Waals surface area (Å²) in [5.74, 6) is 1.26. The van der Waals surface area contributed by atoms with Gasteiger partial charge < -0.3 is 5.32 Å². The number of hydrogen-bond acceptors (Lipinski definition) is 6. The lowest BCUT2D eigenvalue weighted by Gasteiger charge is -2.14.